The predicted octanol–water partition coefficient (Wildman–Crippen LogP) is 3.73. The Kier molecular flexibility index (Phi) is 6.21. The quantitative estimate of drug-likeness (QED) is 0.689. The van der Waals surface area contributed by atoms with E-state index in [1.807, 2.05) is 6.92 Å². The minimum atomic E-state index is -3.54. The van der Waals surface area contributed by atoms with Gasteiger partial charge in [0.1, 0.15) is 11.6 Å². The van der Waals surface area contributed by atoms with Gasteiger partial charge in [0, 0.05) is 17.7 Å². The standard InChI is InChI=1S/C21H25FN2O4S/c1-4-7-17-19(21(25)28-2)18(14-9-11-15(22)12-10-14)16-8-5-6-13-24(20(16)23-17)29(3,26)27/h9-12H,4-8,13H2,1-3H3. The van der Waals surface area contributed by atoms with Gasteiger partial charge in [0.05, 0.1) is 24.6 Å². The Hall–Kier alpha value is -2.48. The number of anilines is 1. The van der Waals surface area contributed by atoms with Crippen molar-refractivity contribution in [1.82, 2.24) is 4.98 Å². The highest BCUT2D eigenvalue weighted by Crippen LogP contribution is 2.39. The van der Waals surface area contributed by atoms with Crippen LogP contribution in [0, 0.1) is 5.82 Å². The monoisotopic (exact) mass is 420 g/mol. The maximum atomic E-state index is 13.6. The molecule has 0 saturated carbocycles. The van der Waals surface area contributed by atoms with Crippen LogP contribution in [-0.2, 0) is 27.6 Å². The third-order valence-electron chi connectivity index (χ3n) is 5.03. The van der Waals surface area contributed by atoms with Gasteiger partial charge in [-0.05, 0) is 43.4 Å². The molecule has 0 aliphatic carbocycles. The van der Waals surface area contributed by atoms with E-state index in [2.05, 4.69) is 4.98 Å². The molecule has 0 atom stereocenters. The smallest absolute Gasteiger partial charge is 0.340 e. The Morgan fingerprint density at radius 3 is 2.52 bits per heavy atom. The molecular weight excluding hydrogens is 395 g/mol. The molecule has 1 aromatic carbocycles. The van der Waals surface area contributed by atoms with E-state index in [-0.39, 0.29) is 5.82 Å². The van der Waals surface area contributed by atoms with Gasteiger partial charge in [-0.2, -0.15) is 0 Å². The molecule has 2 aromatic rings. The van der Waals surface area contributed by atoms with Crippen LogP contribution in [0.4, 0.5) is 10.2 Å². The van der Waals surface area contributed by atoms with E-state index < -0.39 is 16.0 Å². The summed E-state index contributed by atoms with van der Waals surface area (Å²) >= 11 is 0. The average molecular weight is 421 g/mol. The van der Waals surface area contributed by atoms with Crippen molar-refractivity contribution < 1.29 is 22.3 Å². The van der Waals surface area contributed by atoms with E-state index in [0.717, 1.165) is 19.1 Å². The van der Waals surface area contributed by atoms with Crippen molar-refractivity contribution in [2.45, 2.75) is 39.0 Å². The van der Waals surface area contributed by atoms with Crippen LogP contribution in [0.1, 0.15) is 47.8 Å². The molecule has 3 rings (SSSR count). The second kappa shape index (κ2) is 8.49. The molecule has 0 amide bonds. The molecule has 1 aliphatic heterocycles. The summed E-state index contributed by atoms with van der Waals surface area (Å²) in [4.78, 5) is 17.4. The largest absolute Gasteiger partial charge is 0.465 e. The van der Waals surface area contributed by atoms with E-state index >= 15 is 0 Å². The Morgan fingerprint density at radius 2 is 1.93 bits per heavy atom. The Balaban J connectivity index is 2.43. The maximum Gasteiger partial charge on any atom is 0.340 e. The van der Waals surface area contributed by atoms with E-state index in [4.69, 9.17) is 4.74 Å². The summed E-state index contributed by atoms with van der Waals surface area (Å²) in [6, 6.07) is 5.85. The maximum absolute atomic E-state index is 13.6. The zero-order valence-corrected chi connectivity index (χ0v) is 17.7. The summed E-state index contributed by atoms with van der Waals surface area (Å²) in [6.45, 7) is 2.30. The van der Waals surface area contributed by atoms with E-state index in [9.17, 15) is 17.6 Å². The molecule has 156 valence electrons. The lowest BCUT2D eigenvalue weighted by Crippen LogP contribution is -2.32. The van der Waals surface area contributed by atoms with Gasteiger partial charge in [-0.3, -0.25) is 4.31 Å². The summed E-state index contributed by atoms with van der Waals surface area (Å²) in [5.74, 6) is -0.557. The van der Waals surface area contributed by atoms with Crippen LogP contribution in [0.2, 0.25) is 0 Å². The molecule has 0 N–H and O–H groups in total. The Morgan fingerprint density at radius 1 is 1.24 bits per heavy atom. The summed E-state index contributed by atoms with van der Waals surface area (Å²) in [5.41, 5.74) is 2.72. The van der Waals surface area contributed by atoms with Crippen molar-refractivity contribution >= 4 is 21.8 Å². The lowest BCUT2D eigenvalue weighted by molar-refractivity contribution is 0.0599. The van der Waals surface area contributed by atoms with Crippen molar-refractivity contribution in [3.8, 4) is 11.1 Å². The van der Waals surface area contributed by atoms with Crippen molar-refractivity contribution in [3.63, 3.8) is 0 Å². The van der Waals surface area contributed by atoms with Gasteiger partial charge in [-0.25, -0.2) is 22.6 Å². The second-order valence-electron chi connectivity index (χ2n) is 7.15. The summed E-state index contributed by atoms with van der Waals surface area (Å²) in [7, 11) is -2.24. The molecule has 1 aliphatic rings. The van der Waals surface area contributed by atoms with Crippen LogP contribution in [-0.4, -0.2) is 39.3 Å². The highest BCUT2D eigenvalue weighted by molar-refractivity contribution is 7.92. The highest BCUT2D eigenvalue weighted by Gasteiger charge is 2.31. The number of halogens is 1. The number of pyridine rings is 1. The number of aryl methyl sites for hydroxylation is 1. The lowest BCUT2D eigenvalue weighted by atomic mass is 9.90. The number of benzene rings is 1. The van der Waals surface area contributed by atoms with Crippen LogP contribution >= 0.6 is 0 Å². The molecule has 0 fully saturated rings. The summed E-state index contributed by atoms with van der Waals surface area (Å²) in [6.07, 6.45) is 4.37. The van der Waals surface area contributed by atoms with E-state index in [1.165, 1.54) is 23.5 Å². The average Bonchev–Trinajstić information content (AvgIpc) is 2.89. The number of fused-ring (bicyclic) bond motifs is 1. The fourth-order valence-electron chi connectivity index (χ4n) is 3.76. The SMILES string of the molecule is CCCc1nc2c(c(-c3ccc(F)cc3)c1C(=O)OC)CCCCN2S(C)(=O)=O. The minimum absolute atomic E-state index is 0.329. The van der Waals surface area contributed by atoms with Crippen LogP contribution in [0.15, 0.2) is 24.3 Å². The van der Waals surface area contributed by atoms with Gasteiger partial charge in [0.25, 0.3) is 0 Å². The van der Waals surface area contributed by atoms with Crippen LogP contribution in [0.25, 0.3) is 11.1 Å². The summed E-state index contributed by atoms with van der Waals surface area (Å²) in [5, 5.41) is 0. The topological polar surface area (TPSA) is 76.6 Å². The van der Waals surface area contributed by atoms with Gasteiger partial charge in [-0.15, -0.1) is 0 Å². The predicted molar refractivity (Wildman–Crippen MR) is 110 cm³/mol. The van der Waals surface area contributed by atoms with Gasteiger partial charge >= 0.3 is 5.97 Å². The molecule has 29 heavy (non-hydrogen) atoms. The van der Waals surface area contributed by atoms with Gasteiger partial charge < -0.3 is 4.74 Å². The molecule has 0 unspecified atom stereocenters. The molecule has 0 saturated heterocycles. The number of ether oxygens (including phenoxy) is 1. The first-order valence-corrected chi connectivity index (χ1v) is 11.5. The number of esters is 1. The van der Waals surface area contributed by atoms with E-state index in [0.29, 0.717) is 59.6 Å². The fraction of sp³-hybridized carbons (Fsp3) is 0.429. The number of carbonyl (C=O) groups excluding carboxylic acids is 1. The number of hydrogen-bond donors (Lipinski definition) is 0. The third-order valence-corrected chi connectivity index (χ3v) is 6.19. The second-order valence-corrected chi connectivity index (χ2v) is 9.06. The number of nitrogens with zero attached hydrogens (tertiary/aromatic N) is 2. The van der Waals surface area contributed by atoms with Crippen molar-refractivity contribution in [2.75, 3.05) is 24.2 Å². The molecule has 8 heteroatoms. The first-order valence-electron chi connectivity index (χ1n) is 9.65. The van der Waals surface area contributed by atoms with Crippen LogP contribution in [0.5, 0.6) is 0 Å². The minimum Gasteiger partial charge on any atom is -0.465 e. The Labute approximate surface area is 170 Å². The number of carbonyl (C=O) groups is 1. The van der Waals surface area contributed by atoms with Crippen LogP contribution in [0.3, 0.4) is 0 Å². The molecule has 6 nitrogen and oxygen atoms in total. The lowest BCUT2D eigenvalue weighted by Gasteiger charge is -2.25. The van der Waals surface area contributed by atoms with Crippen LogP contribution < -0.4 is 4.31 Å². The van der Waals surface area contributed by atoms with E-state index in [1.54, 1.807) is 12.1 Å². The number of hydrogen-bond acceptors (Lipinski definition) is 5. The van der Waals surface area contributed by atoms with Gasteiger partial charge in [-0.1, -0.05) is 25.5 Å². The number of methoxy groups -OCH3 is 1. The zero-order valence-electron chi connectivity index (χ0n) is 16.9. The van der Waals surface area contributed by atoms with Crippen molar-refractivity contribution in [3.05, 3.63) is 46.9 Å². The molecular formula is C21H25FN2O4S. The van der Waals surface area contributed by atoms with Crippen molar-refractivity contribution in [1.29, 1.82) is 0 Å². The number of sulfonamides is 1. The molecule has 0 radical (unpaired) electrons. The first-order chi connectivity index (χ1) is 13.8. The molecule has 2 heterocycles. The normalized spacial score (nSPS) is 14.3. The number of aromatic nitrogens is 1. The fourth-order valence-corrected chi connectivity index (χ4v) is 4.69. The Bertz CT molecular complexity index is 1020. The van der Waals surface area contributed by atoms with Gasteiger partial charge in [0.15, 0.2) is 0 Å². The zero-order chi connectivity index (χ0) is 21.2. The van der Waals surface area contributed by atoms with Crippen molar-refractivity contribution in [2.24, 2.45) is 0 Å². The molecule has 1 aromatic heterocycles. The van der Waals surface area contributed by atoms with Gasteiger partial charge in [0.2, 0.25) is 10.0 Å². The number of rotatable bonds is 5. The first kappa shape index (κ1) is 21.2. The highest BCUT2D eigenvalue weighted by atomic mass is 32.2. The molecule has 0 spiro atoms. The third kappa shape index (κ3) is 4.27. The summed E-state index contributed by atoms with van der Waals surface area (Å²) < 4.78 is 44.9. The molecule has 0 bridgehead atoms.